The summed E-state index contributed by atoms with van der Waals surface area (Å²) >= 11 is 1.46. The van der Waals surface area contributed by atoms with E-state index in [4.69, 9.17) is 4.74 Å². The molecule has 3 aromatic carbocycles. The fourth-order valence-electron chi connectivity index (χ4n) is 3.29. The van der Waals surface area contributed by atoms with Gasteiger partial charge in [-0.1, -0.05) is 30.3 Å². The van der Waals surface area contributed by atoms with Crippen molar-refractivity contribution in [3.05, 3.63) is 100 Å². The van der Waals surface area contributed by atoms with Gasteiger partial charge in [0, 0.05) is 23.5 Å². The van der Waals surface area contributed by atoms with Crippen LogP contribution in [0, 0.1) is 10.1 Å². The molecule has 1 atom stereocenters. The van der Waals surface area contributed by atoms with Crippen LogP contribution in [-0.4, -0.2) is 22.7 Å². The highest BCUT2D eigenvalue weighted by molar-refractivity contribution is 8.00. The van der Waals surface area contributed by atoms with Crippen LogP contribution in [0.25, 0.3) is 0 Å². The fraction of sp³-hybridized carbons (Fsp3) is 0.130. The van der Waals surface area contributed by atoms with Crippen LogP contribution in [0.3, 0.4) is 0 Å². The molecular weight excluding hydrogens is 430 g/mol. The minimum atomic E-state index is -0.571. The smallest absolute Gasteiger partial charge is 0.411 e. The molecule has 1 N–H and O–H groups in total. The highest BCUT2D eigenvalue weighted by Crippen LogP contribution is 2.42. The van der Waals surface area contributed by atoms with Crippen molar-refractivity contribution in [1.29, 1.82) is 0 Å². The molecule has 1 saturated heterocycles. The number of benzene rings is 3. The summed E-state index contributed by atoms with van der Waals surface area (Å²) in [5.41, 5.74) is 2.91. The Balaban J connectivity index is 1.42. The first kappa shape index (κ1) is 21.4. The highest BCUT2D eigenvalue weighted by Gasteiger charge is 2.34. The molecule has 4 rings (SSSR count). The number of nitro groups is 1. The summed E-state index contributed by atoms with van der Waals surface area (Å²) in [5, 5.41) is 13.3. The van der Waals surface area contributed by atoms with Gasteiger partial charge in [-0.25, -0.2) is 4.79 Å². The number of nitrogens with zero attached hydrogens (tertiary/aromatic N) is 2. The zero-order valence-electron chi connectivity index (χ0n) is 16.8. The van der Waals surface area contributed by atoms with E-state index in [2.05, 4.69) is 5.32 Å². The Bertz CT molecular complexity index is 1120. The molecule has 1 aliphatic heterocycles. The second-order valence-corrected chi connectivity index (χ2v) is 8.08. The molecule has 32 heavy (non-hydrogen) atoms. The van der Waals surface area contributed by atoms with Crippen LogP contribution in [0.15, 0.2) is 78.9 Å². The molecule has 1 unspecified atom stereocenters. The summed E-state index contributed by atoms with van der Waals surface area (Å²) in [4.78, 5) is 36.7. The number of rotatable bonds is 6. The predicted molar refractivity (Wildman–Crippen MR) is 122 cm³/mol. The van der Waals surface area contributed by atoms with E-state index in [9.17, 15) is 19.7 Å². The fourth-order valence-corrected chi connectivity index (χ4v) is 4.47. The zero-order valence-corrected chi connectivity index (χ0v) is 17.7. The van der Waals surface area contributed by atoms with E-state index in [-0.39, 0.29) is 23.6 Å². The highest BCUT2D eigenvalue weighted by atomic mass is 32.2. The van der Waals surface area contributed by atoms with Gasteiger partial charge in [0.1, 0.15) is 12.0 Å². The minimum Gasteiger partial charge on any atom is -0.444 e. The first-order valence-corrected chi connectivity index (χ1v) is 10.8. The number of carbonyl (C=O) groups is 2. The molecule has 1 aliphatic rings. The van der Waals surface area contributed by atoms with E-state index >= 15 is 0 Å². The summed E-state index contributed by atoms with van der Waals surface area (Å²) < 4.78 is 5.21. The van der Waals surface area contributed by atoms with Crippen molar-refractivity contribution >= 4 is 40.8 Å². The molecule has 0 bridgehead atoms. The van der Waals surface area contributed by atoms with Crippen molar-refractivity contribution in [3.8, 4) is 0 Å². The molecule has 0 radical (unpaired) electrons. The van der Waals surface area contributed by atoms with Crippen LogP contribution in [0.5, 0.6) is 0 Å². The van der Waals surface area contributed by atoms with Gasteiger partial charge in [0.2, 0.25) is 5.91 Å². The SMILES string of the molecule is O=C(Nc1ccc(N2C(=O)CSC2c2ccc([N+](=O)[O-])cc2)cc1)OCc1ccccc1. The lowest BCUT2D eigenvalue weighted by atomic mass is 10.1. The van der Waals surface area contributed by atoms with Gasteiger partial charge in [0.25, 0.3) is 5.69 Å². The van der Waals surface area contributed by atoms with Gasteiger partial charge >= 0.3 is 6.09 Å². The lowest BCUT2D eigenvalue weighted by molar-refractivity contribution is -0.384. The number of carbonyl (C=O) groups excluding carboxylic acids is 2. The third-order valence-electron chi connectivity index (χ3n) is 4.86. The zero-order chi connectivity index (χ0) is 22.5. The van der Waals surface area contributed by atoms with Crippen LogP contribution < -0.4 is 10.2 Å². The Kier molecular flexibility index (Phi) is 6.37. The van der Waals surface area contributed by atoms with Crippen LogP contribution in [-0.2, 0) is 16.1 Å². The first-order valence-electron chi connectivity index (χ1n) is 9.77. The Hall–Kier alpha value is -3.85. The number of hydrogen-bond acceptors (Lipinski definition) is 6. The molecule has 0 saturated carbocycles. The maximum absolute atomic E-state index is 12.5. The molecule has 3 aromatic rings. The van der Waals surface area contributed by atoms with Gasteiger partial charge < -0.3 is 4.74 Å². The van der Waals surface area contributed by atoms with E-state index in [0.29, 0.717) is 17.1 Å². The number of hydrogen-bond donors (Lipinski definition) is 1. The van der Waals surface area contributed by atoms with Crippen LogP contribution in [0.2, 0.25) is 0 Å². The van der Waals surface area contributed by atoms with E-state index < -0.39 is 11.0 Å². The van der Waals surface area contributed by atoms with Crippen molar-refractivity contribution in [1.82, 2.24) is 0 Å². The van der Waals surface area contributed by atoms with Gasteiger partial charge in [-0.2, -0.15) is 0 Å². The van der Waals surface area contributed by atoms with E-state index in [1.54, 1.807) is 41.3 Å². The van der Waals surface area contributed by atoms with Crippen molar-refractivity contribution in [2.75, 3.05) is 16.0 Å². The van der Waals surface area contributed by atoms with Crippen molar-refractivity contribution in [2.24, 2.45) is 0 Å². The number of nitrogens with one attached hydrogen (secondary N) is 1. The molecule has 0 spiro atoms. The van der Waals surface area contributed by atoms with E-state index in [0.717, 1.165) is 11.1 Å². The monoisotopic (exact) mass is 449 g/mol. The lowest BCUT2D eigenvalue weighted by Gasteiger charge is -2.24. The summed E-state index contributed by atoms with van der Waals surface area (Å²) in [5.74, 6) is 0.259. The molecule has 162 valence electrons. The van der Waals surface area contributed by atoms with Crippen LogP contribution in [0.4, 0.5) is 21.9 Å². The maximum Gasteiger partial charge on any atom is 0.411 e. The Morgan fingerprint density at radius 3 is 2.41 bits per heavy atom. The Morgan fingerprint density at radius 2 is 1.75 bits per heavy atom. The van der Waals surface area contributed by atoms with E-state index in [1.165, 1.54) is 23.9 Å². The number of thioether (sulfide) groups is 1. The normalized spacial score (nSPS) is 15.4. The minimum absolute atomic E-state index is 0.00389. The third-order valence-corrected chi connectivity index (χ3v) is 6.07. The van der Waals surface area contributed by atoms with E-state index in [1.807, 2.05) is 30.3 Å². The van der Waals surface area contributed by atoms with Gasteiger partial charge in [0.05, 0.1) is 10.7 Å². The molecular formula is C23H19N3O5S. The van der Waals surface area contributed by atoms with Crippen LogP contribution >= 0.6 is 11.8 Å². The second kappa shape index (κ2) is 9.52. The number of ether oxygens (including phenoxy) is 1. The largest absolute Gasteiger partial charge is 0.444 e. The molecule has 9 heteroatoms. The van der Waals surface area contributed by atoms with Crippen molar-refractivity contribution in [2.45, 2.75) is 12.0 Å². The summed E-state index contributed by atoms with van der Waals surface area (Å²) in [6.45, 7) is 0.168. The number of amides is 2. The topological polar surface area (TPSA) is 102 Å². The van der Waals surface area contributed by atoms with Gasteiger partial charge in [-0.15, -0.1) is 11.8 Å². The second-order valence-electron chi connectivity index (χ2n) is 7.01. The standard InChI is InChI=1S/C23H19N3O5S/c27-21-15-32-22(17-6-10-20(11-7-17)26(29)30)25(21)19-12-8-18(9-13-19)24-23(28)31-14-16-4-2-1-3-5-16/h1-13,22H,14-15H2,(H,24,28). The summed E-state index contributed by atoms with van der Waals surface area (Å²) in [6.07, 6.45) is -0.571. The average Bonchev–Trinajstić information content (AvgIpc) is 3.20. The van der Waals surface area contributed by atoms with Gasteiger partial charge in [-0.05, 0) is 47.5 Å². The Labute approximate surface area is 188 Å². The van der Waals surface area contributed by atoms with Crippen molar-refractivity contribution in [3.63, 3.8) is 0 Å². The number of nitro benzene ring substituents is 1. The predicted octanol–water partition coefficient (Wildman–Crippen LogP) is 5.12. The number of non-ortho nitro benzene ring substituents is 1. The van der Waals surface area contributed by atoms with Gasteiger partial charge in [-0.3, -0.25) is 25.1 Å². The molecule has 1 fully saturated rings. The molecule has 8 nitrogen and oxygen atoms in total. The van der Waals surface area contributed by atoms with Crippen LogP contribution in [0.1, 0.15) is 16.5 Å². The first-order chi connectivity index (χ1) is 15.5. The van der Waals surface area contributed by atoms with Crippen molar-refractivity contribution < 1.29 is 19.2 Å². The molecule has 0 aliphatic carbocycles. The number of anilines is 2. The summed E-state index contributed by atoms with van der Waals surface area (Å²) in [7, 11) is 0. The molecule has 0 aromatic heterocycles. The Morgan fingerprint density at radius 1 is 1.06 bits per heavy atom. The quantitative estimate of drug-likeness (QED) is 0.414. The molecule has 2 amide bonds. The molecule has 1 heterocycles. The van der Waals surface area contributed by atoms with Gasteiger partial charge in [0.15, 0.2) is 0 Å². The maximum atomic E-state index is 12.5. The third kappa shape index (κ3) is 4.89. The summed E-state index contributed by atoms with van der Waals surface area (Å²) in [6, 6.07) is 22.5. The lowest BCUT2D eigenvalue weighted by Crippen LogP contribution is -2.27. The average molecular weight is 449 g/mol.